The molecular formula is C13H13NO2. The molecule has 1 aromatic heterocycles. The minimum absolute atomic E-state index is 0.669. The molecule has 1 heterocycles. The summed E-state index contributed by atoms with van der Waals surface area (Å²) in [4.78, 5) is 0. The highest BCUT2D eigenvalue weighted by Crippen LogP contribution is 2.36. The van der Waals surface area contributed by atoms with E-state index in [-0.39, 0.29) is 0 Å². The number of rotatable bonds is 2. The Balaban J connectivity index is 2.53. The first-order chi connectivity index (χ1) is 7.56. The summed E-state index contributed by atoms with van der Waals surface area (Å²) in [7, 11) is 0. The van der Waals surface area contributed by atoms with Crippen molar-refractivity contribution in [3.05, 3.63) is 36.1 Å². The van der Waals surface area contributed by atoms with Gasteiger partial charge in [0.15, 0.2) is 0 Å². The minimum Gasteiger partial charge on any atom is -0.464 e. The zero-order chi connectivity index (χ0) is 11.8. The SMILES string of the molecule is CC(C)(C#N)C(O)c1coc2ccccc12. The number of benzene rings is 1. The Hall–Kier alpha value is -1.79. The molecule has 2 aromatic rings. The number of nitriles is 1. The van der Waals surface area contributed by atoms with Gasteiger partial charge in [0, 0.05) is 10.9 Å². The summed E-state index contributed by atoms with van der Waals surface area (Å²) in [6.07, 6.45) is 0.676. The molecule has 0 fully saturated rings. The van der Waals surface area contributed by atoms with Crippen LogP contribution in [0, 0.1) is 16.7 Å². The van der Waals surface area contributed by atoms with E-state index in [1.54, 1.807) is 13.8 Å². The van der Waals surface area contributed by atoms with E-state index in [0.29, 0.717) is 5.56 Å². The van der Waals surface area contributed by atoms with Crippen LogP contribution in [0.15, 0.2) is 34.9 Å². The Labute approximate surface area is 93.9 Å². The molecule has 2 rings (SSSR count). The Morgan fingerprint density at radius 2 is 2.06 bits per heavy atom. The zero-order valence-electron chi connectivity index (χ0n) is 9.27. The number of aliphatic hydroxyl groups is 1. The van der Waals surface area contributed by atoms with Crippen LogP contribution in [0.25, 0.3) is 11.0 Å². The summed E-state index contributed by atoms with van der Waals surface area (Å²) in [6.45, 7) is 3.42. The van der Waals surface area contributed by atoms with Gasteiger partial charge in [0.05, 0.1) is 17.7 Å². The molecule has 0 spiro atoms. The number of nitrogens with zero attached hydrogens (tertiary/aromatic N) is 1. The lowest BCUT2D eigenvalue weighted by molar-refractivity contribution is 0.0873. The average Bonchev–Trinajstić information content (AvgIpc) is 2.71. The van der Waals surface area contributed by atoms with Crippen molar-refractivity contribution >= 4 is 11.0 Å². The van der Waals surface area contributed by atoms with Crippen molar-refractivity contribution in [3.63, 3.8) is 0 Å². The Morgan fingerprint density at radius 3 is 2.75 bits per heavy atom. The maximum atomic E-state index is 10.2. The van der Waals surface area contributed by atoms with E-state index in [0.717, 1.165) is 11.0 Å². The molecule has 16 heavy (non-hydrogen) atoms. The first-order valence-electron chi connectivity index (χ1n) is 5.12. The highest BCUT2D eigenvalue weighted by Gasteiger charge is 2.31. The van der Waals surface area contributed by atoms with Crippen LogP contribution in [0.1, 0.15) is 25.5 Å². The monoisotopic (exact) mass is 215 g/mol. The summed E-state index contributed by atoms with van der Waals surface area (Å²) in [5, 5.41) is 20.0. The molecule has 1 N–H and O–H groups in total. The van der Waals surface area contributed by atoms with Crippen molar-refractivity contribution in [1.82, 2.24) is 0 Å². The van der Waals surface area contributed by atoms with E-state index in [1.165, 1.54) is 6.26 Å². The van der Waals surface area contributed by atoms with Gasteiger partial charge in [0.1, 0.15) is 11.7 Å². The average molecular weight is 215 g/mol. The number of fused-ring (bicyclic) bond motifs is 1. The van der Waals surface area contributed by atoms with E-state index in [4.69, 9.17) is 9.68 Å². The predicted octanol–water partition coefficient (Wildman–Crippen LogP) is 3.02. The van der Waals surface area contributed by atoms with Crippen LogP contribution in [-0.2, 0) is 0 Å². The first-order valence-corrected chi connectivity index (χ1v) is 5.12. The van der Waals surface area contributed by atoms with Crippen LogP contribution < -0.4 is 0 Å². The lowest BCUT2D eigenvalue weighted by Crippen LogP contribution is -2.19. The zero-order valence-corrected chi connectivity index (χ0v) is 9.27. The Morgan fingerprint density at radius 1 is 1.38 bits per heavy atom. The third-order valence-corrected chi connectivity index (χ3v) is 2.78. The van der Waals surface area contributed by atoms with Crippen molar-refractivity contribution in [2.45, 2.75) is 20.0 Å². The molecule has 82 valence electrons. The Bertz CT molecular complexity index is 548. The fourth-order valence-corrected chi connectivity index (χ4v) is 1.66. The molecular weight excluding hydrogens is 202 g/mol. The van der Waals surface area contributed by atoms with Crippen molar-refractivity contribution in [2.24, 2.45) is 5.41 Å². The fraction of sp³-hybridized carbons (Fsp3) is 0.308. The largest absolute Gasteiger partial charge is 0.464 e. The third kappa shape index (κ3) is 1.58. The number of furan rings is 1. The smallest absolute Gasteiger partial charge is 0.134 e. The quantitative estimate of drug-likeness (QED) is 0.837. The first kappa shape index (κ1) is 10.7. The molecule has 0 aliphatic carbocycles. The van der Waals surface area contributed by atoms with Crippen molar-refractivity contribution < 1.29 is 9.52 Å². The molecule has 0 saturated heterocycles. The number of para-hydroxylation sites is 1. The van der Waals surface area contributed by atoms with Crippen LogP contribution >= 0.6 is 0 Å². The van der Waals surface area contributed by atoms with Crippen LogP contribution in [0.5, 0.6) is 0 Å². The summed E-state index contributed by atoms with van der Waals surface area (Å²) >= 11 is 0. The molecule has 3 heteroatoms. The van der Waals surface area contributed by atoms with E-state index in [9.17, 15) is 5.11 Å². The molecule has 0 amide bonds. The molecule has 1 unspecified atom stereocenters. The highest BCUT2D eigenvalue weighted by atomic mass is 16.3. The van der Waals surface area contributed by atoms with Crippen molar-refractivity contribution in [3.8, 4) is 6.07 Å². The van der Waals surface area contributed by atoms with Gasteiger partial charge in [-0.15, -0.1) is 0 Å². The van der Waals surface area contributed by atoms with Crippen molar-refractivity contribution in [1.29, 1.82) is 5.26 Å². The lowest BCUT2D eigenvalue weighted by Gasteiger charge is -2.21. The van der Waals surface area contributed by atoms with Gasteiger partial charge in [-0.25, -0.2) is 0 Å². The van der Waals surface area contributed by atoms with E-state index >= 15 is 0 Å². The number of hydrogen-bond acceptors (Lipinski definition) is 3. The Kier molecular flexibility index (Phi) is 2.45. The van der Waals surface area contributed by atoms with E-state index in [2.05, 4.69) is 6.07 Å². The second kappa shape index (κ2) is 3.66. The second-order valence-electron chi connectivity index (χ2n) is 4.42. The van der Waals surface area contributed by atoms with Gasteiger partial charge in [-0.1, -0.05) is 18.2 Å². The molecule has 1 aromatic carbocycles. The van der Waals surface area contributed by atoms with Gasteiger partial charge >= 0.3 is 0 Å². The summed E-state index contributed by atoms with van der Waals surface area (Å²) < 4.78 is 5.34. The van der Waals surface area contributed by atoms with Gasteiger partial charge in [0.25, 0.3) is 0 Å². The molecule has 0 aliphatic heterocycles. The van der Waals surface area contributed by atoms with E-state index in [1.807, 2.05) is 24.3 Å². The summed E-state index contributed by atoms with van der Waals surface area (Å²) in [6, 6.07) is 9.58. The predicted molar refractivity (Wildman–Crippen MR) is 60.6 cm³/mol. The van der Waals surface area contributed by atoms with Crippen LogP contribution in [-0.4, -0.2) is 5.11 Å². The third-order valence-electron chi connectivity index (χ3n) is 2.78. The van der Waals surface area contributed by atoms with Gasteiger partial charge in [0.2, 0.25) is 0 Å². The van der Waals surface area contributed by atoms with Gasteiger partial charge in [-0.3, -0.25) is 0 Å². The van der Waals surface area contributed by atoms with Crippen LogP contribution in [0.4, 0.5) is 0 Å². The molecule has 3 nitrogen and oxygen atoms in total. The molecule has 0 aliphatic rings. The molecule has 0 saturated carbocycles. The van der Waals surface area contributed by atoms with Gasteiger partial charge in [-0.05, 0) is 19.9 Å². The molecule has 0 bridgehead atoms. The second-order valence-corrected chi connectivity index (χ2v) is 4.42. The summed E-state index contributed by atoms with van der Waals surface area (Å²) in [5.74, 6) is 0. The van der Waals surface area contributed by atoms with Crippen LogP contribution in [0.2, 0.25) is 0 Å². The normalized spacial score (nSPS) is 13.6. The topological polar surface area (TPSA) is 57.2 Å². The standard InChI is InChI=1S/C13H13NO2/c1-13(2,8-14)12(15)10-7-16-11-6-4-3-5-9(10)11/h3-7,12,15H,1-2H3. The summed E-state index contributed by atoms with van der Waals surface area (Å²) in [5.41, 5.74) is 0.569. The molecule has 1 atom stereocenters. The van der Waals surface area contributed by atoms with Crippen molar-refractivity contribution in [2.75, 3.05) is 0 Å². The van der Waals surface area contributed by atoms with Crippen LogP contribution in [0.3, 0.4) is 0 Å². The van der Waals surface area contributed by atoms with Gasteiger partial charge in [-0.2, -0.15) is 5.26 Å². The number of hydrogen-bond donors (Lipinski definition) is 1. The number of aliphatic hydroxyl groups excluding tert-OH is 1. The molecule has 0 radical (unpaired) electrons. The highest BCUT2D eigenvalue weighted by molar-refractivity contribution is 5.81. The lowest BCUT2D eigenvalue weighted by atomic mass is 9.84. The van der Waals surface area contributed by atoms with Gasteiger partial charge < -0.3 is 9.52 Å². The maximum absolute atomic E-state index is 10.2. The maximum Gasteiger partial charge on any atom is 0.134 e. The minimum atomic E-state index is -0.846. The van der Waals surface area contributed by atoms with E-state index < -0.39 is 11.5 Å². The fourth-order valence-electron chi connectivity index (χ4n) is 1.66.